The van der Waals surface area contributed by atoms with Crippen molar-refractivity contribution in [1.82, 2.24) is 4.90 Å². The van der Waals surface area contributed by atoms with Crippen molar-refractivity contribution in [2.75, 3.05) is 11.9 Å². The predicted octanol–water partition coefficient (Wildman–Crippen LogP) is 3.95. The van der Waals surface area contributed by atoms with Gasteiger partial charge in [0.15, 0.2) is 0 Å². The Kier molecular flexibility index (Phi) is 4.65. The van der Waals surface area contributed by atoms with Gasteiger partial charge in [0.2, 0.25) is 0 Å². The lowest BCUT2D eigenvalue weighted by atomic mass is 9.78. The van der Waals surface area contributed by atoms with Gasteiger partial charge < -0.3 is 10.2 Å². The maximum atomic E-state index is 12.1. The van der Waals surface area contributed by atoms with Crippen molar-refractivity contribution in [2.45, 2.75) is 32.2 Å². The van der Waals surface area contributed by atoms with Crippen molar-refractivity contribution < 1.29 is 4.79 Å². The zero-order valence-electron chi connectivity index (χ0n) is 14.9. The third-order valence-corrected chi connectivity index (χ3v) is 4.88. The van der Waals surface area contributed by atoms with Gasteiger partial charge in [-0.05, 0) is 55.2 Å². The monoisotopic (exact) mass is 344 g/mol. The van der Waals surface area contributed by atoms with Crippen molar-refractivity contribution in [3.05, 3.63) is 64.7 Å². The Labute approximate surface area is 153 Å². The summed E-state index contributed by atoms with van der Waals surface area (Å²) in [6, 6.07) is 17.6. The summed E-state index contributed by atoms with van der Waals surface area (Å²) >= 11 is 0. The maximum Gasteiger partial charge on any atom is 0.322 e. The highest BCUT2D eigenvalue weighted by molar-refractivity contribution is 5.92. The first kappa shape index (κ1) is 17.5. The second kappa shape index (κ2) is 6.90. The number of carbonyl (C=O) groups is 1. The highest BCUT2D eigenvalue weighted by atomic mass is 16.2. The van der Waals surface area contributed by atoms with E-state index in [1.54, 1.807) is 11.0 Å². The van der Waals surface area contributed by atoms with Gasteiger partial charge in [0.05, 0.1) is 23.1 Å². The Balaban J connectivity index is 1.93. The molecule has 0 bridgehead atoms. The van der Waals surface area contributed by atoms with Crippen molar-refractivity contribution in [3.8, 4) is 12.1 Å². The fraction of sp³-hybridized carbons (Fsp3) is 0.286. The van der Waals surface area contributed by atoms with E-state index in [-0.39, 0.29) is 6.03 Å². The van der Waals surface area contributed by atoms with Crippen molar-refractivity contribution >= 4 is 11.7 Å². The van der Waals surface area contributed by atoms with Crippen LogP contribution in [0.4, 0.5) is 10.5 Å². The van der Waals surface area contributed by atoms with Crippen LogP contribution in [0.3, 0.4) is 0 Å². The van der Waals surface area contributed by atoms with Crippen molar-refractivity contribution in [1.29, 1.82) is 10.5 Å². The van der Waals surface area contributed by atoms with Crippen LogP contribution in [-0.2, 0) is 18.4 Å². The van der Waals surface area contributed by atoms with Gasteiger partial charge in [-0.2, -0.15) is 10.5 Å². The van der Waals surface area contributed by atoms with E-state index >= 15 is 0 Å². The van der Waals surface area contributed by atoms with Crippen LogP contribution in [-0.4, -0.2) is 17.5 Å². The van der Waals surface area contributed by atoms with Gasteiger partial charge in [-0.1, -0.05) is 24.3 Å². The number of nitriles is 2. The third kappa shape index (κ3) is 3.25. The van der Waals surface area contributed by atoms with Crippen LogP contribution in [0.2, 0.25) is 0 Å². The number of fused-ring (bicyclic) bond motifs is 1. The molecule has 1 aliphatic rings. The van der Waals surface area contributed by atoms with Crippen LogP contribution in [0.15, 0.2) is 42.5 Å². The van der Waals surface area contributed by atoms with E-state index in [0.29, 0.717) is 25.1 Å². The van der Waals surface area contributed by atoms with Crippen LogP contribution in [0, 0.1) is 22.7 Å². The van der Waals surface area contributed by atoms with Crippen molar-refractivity contribution in [3.63, 3.8) is 0 Å². The van der Waals surface area contributed by atoms with E-state index in [0.717, 1.165) is 22.4 Å². The minimum atomic E-state index is -0.754. The molecule has 2 aromatic carbocycles. The summed E-state index contributed by atoms with van der Waals surface area (Å²) in [5, 5.41) is 21.8. The van der Waals surface area contributed by atoms with Crippen molar-refractivity contribution in [2.24, 2.45) is 0 Å². The van der Waals surface area contributed by atoms with E-state index < -0.39 is 5.41 Å². The lowest BCUT2D eigenvalue weighted by molar-refractivity contribution is 0.210. The number of amides is 2. The molecule has 0 saturated heterocycles. The number of rotatable bonds is 4. The lowest BCUT2D eigenvalue weighted by Crippen LogP contribution is -2.38. The molecule has 1 N–H and O–H groups in total. The first-order chi connectivity index (χ1) is 12.5. The van der Waals surface area contributed by atoms with Gasteiger partial charge in [0.25, 0.3) is 0 Å². The summed E-state index contributed by atoms with van der Waals surface area (Å²) in [6.45, 7) is 5.06. The molecule has 0 aromatic heterocycles. The van der Waals surface area contributed by atoms with Gasteiger partial charge >= 0.3 is 6.03 Å². The van der Waals surface area contributed by atoms with E-state index in [1.807, 2.05) is 50.2 Å². The normalized spacial score (nSPS) is 15.2. The Hall–Kier alpha value is -3.31. The van der Waals surface area contributed by atoms with Gasteiger partial charge in [-0.25, -0.2) is 4.79 Å². The molecule has 0 aliphatic carbocycles. The number of hydrogen-bond donors (Lipinski definition) is 1. The SMILES string of the molecule is CCN1Cc2ccc(C(C)(C#N)Cc3cccc(C#N)c3)cc2NC1=O. The molecule has 1 atom stereocenters. The summed E-state index contributed by atoms with van der Waals surface area (Å²) in [5.41, 5.74) is 3.43. The van der Waals surface area contributed by atoms with Gasteiger partial charge in [0.1, 0.15) is 0 Å². The fourth-order valence-corrected chi connectivity index (χ4v) is 3.27. The Morgan fingerprint density at radius 1 is 1.23 bits per heavy atom. The molecule has 0 fully saturated rings. The molecule has 5 nitrogen and oxygen atoms in total. The first-order valence-electron chi connectivity index (χ1n) is 8.58. The van der Waals surface area contributed by atoms with Crippen LogP contribution < -0.4 is 5.32 Å². The van der Waals surface area contributed by atoms with E-state index in [9.17, 15) is 10.1 Å². The second-order valence-electron chi connectivity index (χ2n) is 6.75. The zero-order chi connectivity index (χ0) is 18.7. The molecule has 1 unspecified atom stereocenters. The molecular weight excluding hydrogens is 324 g/mol. The highest BCUT2D eigenvalue weighted by Gasteiger charge is 2.29. The molecule has 2 amide bonds. The summed E-state index contributed by atoms with van der Waals surface area (Å²) in [6.07, 6.45) is 0.493. The number of benzene rings is 2. The standard InChI is InChI=1S/C21H20N4O/c1-3-25-13-17-7-8-18(10-19(17)24-20(25)26)21(2,14-23)11-15-5-4-6-16(9-15)12-22/h4-10H,3,11,13H2,1-2H3,(H,24,26). The van der Waals surface area contributed by atoms with E-state index in [2.05, 4.69) is 17.5 Å². The Bertz CT molecular complexity index is 938. The summed E-state index contributed by atoms with van der Waals surface area (Å²) in [4.78, 5) is 13.8. The molecule has 5 heteroatoms. The molecule has 26 heavy (non-hydrogen) atoms. The number of carbonyl (C=O) groups excluding carboxylic acids is 1. The van der Waals surface area contributed by atoms with E-state index in [1.165, 1.54) is 0 Å². The Morgan fingerprint density at radius 3 is 2.73 bits per heavy atom. The summed E-state index contributed by atoms with van der Waals surface area (Å²) < 4.78 is 0. The predicted molar refractivity (Wildman–Crippen MR) is 99.4 cm³/mol. The van der Waals surface area contributed by atoms with Gasteiger partial charge in [-0.15, -0.1) is 0 Å². The molecule has 0 radical (unpaired) electrons. The van der Waals surface area contributed by atoms with Crippen LogP contribution in [0.1, 0.15) is 36.1 Å². The molecule has 3 rings (SSSR count). The molecule has 0 spiro atoms. The number of urea groups is 1. The minimum Gasteiger partial charge on any atom is -0.320 e. The smallest absolute Gasteiger partial charge is 0.320 e. The molecule has 130 valence electrons. The van der Waals surface area contributed by atoms with Gasteiger partial charge in [0, 0.05) is 18.8 Å². The average molecular weight is 344 g/mol. The minimum absolute atomic E-state index is 0.113. The Morgan fingerprint density at radius 2 is 2.04 bits per heavy atom. The number of anilines is 1. The molecule has 2 aromatic rings. The van der Waals surface area contributed by atoms with Crippen LogP contribution in [0.25, 0.3) is 0 Å². The fourth-order valence-electron chi connectivity index (χ4n) is 3.27. The van der Waals surface area contributed by atoms with Crippen LogP contribution in [0.5, 0.6) is 0 Å². The third-order valence-electron chi connectivity index (χ3n) is 4.88. The molecule has 0 saturated carbocycles. The van der Waals surface area contributed by atoms with Gasteiger partial charge in [-0.3, -0.25) is 0 Å². The topological polar surface area (TPSA) is 79.9 Å². The largest absolute Gasteiger partial charge is 0.322 e. The summed E-state index contributed by atoms with van der Waals surface area (Å²) in [5.74, 6) is 0. The summed E-state index contributed by atoms with van der Waals surface area (Å²) in [7, 11) is 0. The maximum absolute atomic E-state index is 12.1. The number of nitrogens with zero attached hydrogens (tertiary/aromatic N) is 3. The van der Waals surface area contributed by atoms with E-state index in [4.69, 9.17) is 5.26 Å². The lowest BCUT2D eigenvalue weighted by Gasteiger charge is -2.30. The van der Waals surface area contributed by atoms with Crippen LogP contribution >= 0.6 is 0 Å². The second-order valence-corrected chi connectivity index (χ2v) is 6.75. The zero-order valence-corrected chi connectivity index (χ0v) is 14.9. The molecular formula is C21H20N4O. The highest BCUT2D eigenvalue weighted by Crippen LogP contribution is 2.33. The molecule has 1 aliphatic heterocycles. The average Bonchev–Trinajstić information content (AvgIpc) is 2.67. The molecule has 1 heterocycles. The number of hydrogen-bond acceptors (Lipinski definition) is 3. The first-order valence-corrected chi connectivity index (χ1v) is 8.58. The number of nitrogens with one attached hydrogen (secondary N) is 1. The quantitative estimate of drug-likeness (QED) is 0.912.